The molecule has 4 rings (SSSR count). The SMILES string of the molecule is CC(C)Oc1ccc(Nc2nc(-c3ccccc3)cc(N3CCOCC3)n2)cc1. The lowest BCUT2D eigenvalue weighted by Gasteiger charge is -2.28. The van der Waals surface area contributed by atoms with E-state index in [0.717, 1.165) is 41.6 Å². The van der Waals surface area contributed by atoms with Crippen LogP contribution < -0.4 is 15.0 Å². The van der Waals surface area contributed by atoms with Crippen LogP contribution in [0.1, 0.15) is 13.8 Å². The molecule has 1 aliphatic rings. The number of benzene rings is 2. The number of rotatable bonds is 6. The Morgan fingerprint density at radius 3 is 2.38 bits per heavy atom. The standard InChI is InChI=1S/C23H26N4O2/c1-17(2)29-20-10-8-19(9-11-20)24-23-25-21(18-6-4-3-5-7-18)16-22(26-23)27-12-14-28-15-13-27/h3-11,16-17H,12-15H2,1-2H3,(H,24,25,26). The molecule has 0 radical (unpaired) electrons. The monoisotopic (exact) mass is 390 g/mol. The van der Waals surface area contributed by atoms with Crippen LogP contribution in [0.15, 0.2) is 60.7 Å². The first-order chi connectivity index (χ1) is 14.2. The zero-order valence-electron chi connectivity index (χ0n) is 16.8. The van der Waals surface area contributed by atoms with E-state index in [1.54, 1.807) is 0 Å². The van der Waals surface area contributed by atoms with Gasteiger partial charge in [-0.25, -0.2) is 4.98 Å². The third kappa shape index (κ3) is 5.03. The number of ether oxygens (including phenoxy) is 2. The Bertz CT molecular complexity index is 923. The lowest BCUT2D eigenvalue weighted by atomic mass is 10.1. The molecule has 0 spiro atoms. The number of hydrogen-bond donors (Lipinski definition) is 1. The summed E-state index contributed by atoms with van der Waals surface area (Å²) < 4.78 is 11.2. The van der Waals surface area contributed by atoms with Crippen LogP contribution >= 0.6 is 0 Å². The topological polar surface area (TPSA) is 59.5 Å². The molecule has 1 aliphatic heterocycles. The quantitative estimate of drug-likeness (QED) is 0.668. The zero-order valence-corrected chi connectivity index (χ0v) is 16.8. The van der Waals surface area contributed by atoms with Crippen LogP contribution in [0.5, 0.6) is 5.75 Å². The van der Waals surface area contributed by atoms with Crippen LogP contribution in [0.25, 0.3) is 11.3 Å². The smallest absolute Gasteiger partial charge is 0.229 e. The number of anilines is 3. The van der Waals surface area contributed by atoms with E-state index in [9.17, 15) is 0 Å². The number of morpholine rings is 1. The molecule has 2 heterocycles. The van der Waals surface area contributed by atoms with Gasteiger partial charge in [0.05, 0.1) is 25.0 Å². The average molecular weight is 390 g/mol. The second kappa shape index (κ2) is 8.92. The molecule has 1 saturated heterocycles. The van der Waals surface area contributed by atoms with Crippen LogP contribution in [0.2, 0.25) is 0 Å². The van der Waals surface area contributed by atoms with Crippen molar-refractivity contribution in [2.24, 2.45) is 0 Å². The highest BCUT2D eigenvalue weighted by molar-refractivity contribution is 5.66. The molecule has 0 atom stereocenters. The maximum absolute atomic E-state index is 5.72. The fourth-order valence-electron chi connectivity index (χ4n) is 3.22. The molecule has 6 heteroatoms. The fraction of sp³-hybridized carbons (Fsp3) is 0.304. The minimum absolute atomic E-state index is 0.149. The Morgan fingerprint density at radius 1 is 0.966 bits per heavy atom. The lowest BCUT2D eigenvalue weighted by Crippen LogP contribution is -2.36. The number of aromatic nitrogens is 2. The van der Waals surface area contributed by atoms with E-state index in [4.69, 9.17) is 19.4 Å². The maximum Gasteiger partial charge on any atom is 0.229 e. The molecular formula is C23H26N4O2. The lowest BCUT2D eigenvalue weighted by molar-refractivity contribution is 0.122. The Morgan fingerprint density at radius 2 is 1.69 bits per heavy atom. The maximum atomic E-state index is 5.72. The van der Waals surface area contributed by atoms with Crippen LogP contribution in [0.4, 0.5) is 17.5 Å². The van der Waals surface area contributed by atoms with Crippen LogP contribution in [-0.4, -0.2) is 42.4 Å². The van der Waals surface area contributed by atoms with Gasteiger partial charge in [0.15, 0.2) is 0 Å². The van der Waals surface area contributed by atoms with Crippen molar-refractivity contribution in [2.75, 3.05) is 36.5 Å². The molecular weight excluding hydrogens is 364 g/mol. The highest BCUT2D eigenvalue weighted by Crippen LogP contribution is 2.26. The zero-order chi connectivity index (χ0) is 20.1. The van der Waals surface area contributed by atoms with Gasteiger partial charge in [-0.3, -0.25) is 0 Å². The molecule has 0 aliphatic carbocycles. The van der Waals surface area contributed by atoms with Gasteiger partial charge in [0.25, 0.3) is 0 Å². The van der Waals surface area contributed by atoms with E-state index >= 15 is 0 Å². The number of nitrogens with zero attached hydrogens (tertiary/aromatic N) is 3. The third-order valence-electron chi connectivity index (χ3n) is 4.60. The van der Waals surface area contributed by atoms with E-state index in [1.165, 1.54) is 0 Å². The second-order valence-corrected chi connectivity index (χ2v) is 7.22. The first-order valence-corrected chi connectivity index (χ1v) is 9.98. The summed E-state index contributed by atoms with van der Waals surface area (Å²) in [4.78, 5) is 11.8. The van der Waals surface area contributed by atoms with Crippen molar-refractivity contribution in [1.29, 1.82) is 0 Å². The van der Waals surface area contributed by atoms with Crippen molar-refractivity contribution in [1.82, 2.24) is 9.97 Å². The number of hydrogen-bond acceptors (Lipinski definition) is 6. The summed E-state index contributed by atoms with van der Waals surface area (Å²) in [6.45, 7) is 7.11. The normalized spacial score (nSPS) is 14.1. The van der Waals surface area contributed by atoms with Gasteiger partial charge in [0, 0.05) is 30.4 Å². The molecule has 29 heavy (non-hydrogen) atoms. The molecule has 6 nitrogen and oxygen atoms in total. The largest absolute Gasteiger partial charge is 0.491 e. The van der Waals surface area contributed by atoms with Gasteiger partial charge in [0.1, 0.15) is 11.6 Å². The van der Waals surface area contributed by atoms with Gasteiger partial charge < -0.3 is 19.7 Å². The van der Waals surface area contributed by atoms with Crippen molar-refractivity contribution in [3.8, 4) is 17.0 Å². The molecule has 0 saturated carbocycles. The van der Waals surface area contributed by atoms with Crippen molar-refractivity contribution in [2.45, 2.75) is 20.0 Å². The van der Waals surface area contributed by atoms with Crippen molar-refractivity contribution in [3.63, 3.8) is 0 Å². The molecule has 1 aromatic heterocycles. The Hall–Kier alpha value is -3.12. The molecule has 3 aromatic rings. The van der Waals surface area contributed by atoms with E-state index in [-0.39, 0.29) is 6.10 Å². The van der Waals surface area contributed by atoms with Gasteiger partial charge >= 0.3 is 0 Å². The molecule has 0 bridgehead atoms. The first-order valence-electron chi connectivity index (χ1n) is 9.98. The average Bonchev–Trinajstić information content (AvgIpc) is 2.76. The molecule has 0 amide bonds. The summed E-state index contributed by atoms with van der Waals surface area (Å²) in [6.07, 6.45) is 0.149. The summed E-state index contributed by atoms with van der Waals surface area (Å²) in [5.74, 6) is 2.33. The van der Waals surface area contributed by atoms with Gasteiger partial charge in [-0.1, -0.05) is 30.3 Å². The Balaban J connectivity index is 1.62. The summed E-state index contributed by atoms with van der Waals surface area (Å²) in [5, 5.41) is 3.34. The van der Waals surface area contributed by atoms with Gasteiger partial charge in [-0.05, 0) is 38.1 Å². The predicted molar refractivity (Wildman–Crippen MR) is 116 cm³/mol. The van der Waals surface area contributed by atoms with Gasteiger partial charge in [-0.2, -0.15) is 4.98 Å². The number of nitrogens with one attached hydrogen (secondary N) is 1. The molecule has 1 fully saturated rings. The Kier molecular flexibility index (Phi) is 5.91. The summed E-state index contributed by atoms with van der Waals surface area (Å²) in [5.41, 5.74) is 2.87. The molecule has 150 valence electrons. The van der Waals surface area contributed by atoms with E-state index < -0.39 is 0 Å². The van der Waals surface area contributed by atoms with E-state index in [0.29, 0.717) is 19.2 Å². The summed E-state index contributed by atoms with van der Waals surface area (Å²) in [7, 11) is 0. The summed E-state index contributed by atoms with van der Waals surface area (Å²) in [6, 6.07) is 20.1. The second-order valence-electron chi connectivity index (χ2n) is 7.22. The highest BCUT2D eigenvalue weighted by Gasteiger charge is 2.16. The van der Waals surface area contributed by atoms with Crippen molar-refractivity contribution < 1.29 is 9.47 Å². The van der Waals surface area contributed by atoms with Crippen LogP contribution in [-0.2, 0) is 4.74 Å². The van der Waals surface area contributed by atoms with E-state index in [1.807, 2.05) is 62.4 Å². The first kappa shape index (κ1) is 19.2. The van der Waals surface area contributed by atoms with Crippen molar-refractivity contribution >= 4 is 17.5 Å². The molecule has 1 N–H and O–H groups in total. The van der Waals surface area contributed by atoms with Crippen molar-refractivity contribution in [3.05, 3.63) is 60.7 Å². The predicted octanol–water partition coefficient (Wildman–Crippen LogP) is 4.51. The third-order valence-corrected chi connectivity index (χ3v) is 4.60. The molecule has 0 unspecified atom stereocenters. The summed E-state index contributed by atoms with van der Waals surface area (Å²) >= 11 is 0. The van der Waals surface area contributed by atoms with E-state index in [2.05, 4.69) is 22.3 Å². The highest BCUT2D eigenvalue weighted by atomic mass is 16.5. The fourth-order valence-corrected chi connectivity index (χ4v) is 3.22. The minimum Gasteiger partial charge on any atom is -0.491 e. The van der Waals surface area contributed by atoms with Crippen LogP contribution in [0.3, 0.4) is 0 Å². The van der Waals surface area contributed by atoms with Gasteiger partial charge in [0.2, 0.25) is 5.95 Å². The van der Waals surface area contributed by atoms with Crippen LogP contribution in [0, 0.1) is 0 Å². The van der Waals surface area contributed by atoms with Gasteiger partial charge in [-0.15, -0.1) is 0 Å². The minimum atomic E-state index is 0.149. The molecule has 2 aromatic carbocycles. The Labute approximate surface area is 171 Å².